The van der Waals surface area contributed by atoms with Gasteiger partial charge in [0.05, 0.1) is 26.9 Å². The maximum atomic E-state index is 13.3. The lowest BCUT2D eigenvalue weighted by Gasteiger charge is -2.20. The zero-order valence-electron chi connectivity index (χ0n) is 25.4. The van der Waals surface area contributed by atoms with Gasteiger partial charge in [0.25, 0.3) is 10.0 Å². The van der Waals surface area contributed by atoms with E-state index in [9.17, 15) is 18.3 Å². The van der Waals surface area contributed by atoms with Crippen LogP contribution >= 0.6 is 23.2 Å². The Balaban J connectivity index is 1.38. The molecule has 0 aliphatic heterocycles. The van der Waals surface area contributed by atoms with Crippen LogP contribution in [-0.4, -0.2) is 36.1 Å². The molecule has 0 saturated heterocycles. The van der Waals surface area contributed by atoms with E-state index < -0.39 is 16.0 Å². The van der Waals surface area contributed by atoms with Crippen LogP contribution in [0, 0.1) is 0 Å². The van der Waals surface area contributed by atoms with E-state index in [2.05, 4.69) is 6.92 Å². The summed E-state index contributed by atoms with van der Waals surface area (Å²) in [5, 5.41) is 10.3. The highest BCUT2D eigenvalue weighted by atomic mass is 35.5. The molecule has 1 N–H and O–H groups in total. The number of anilines is 1. The summed E-state index contributed by atoms with van der Waals surface area (Å²) in [4.78, 5) is 16.4. The third-order valence-electron chi connectivity index (χ3n) is 7.65. The van der Waals surface area contributed by atoms with Crippen molar-refractivity contribution in [2.75, 3.05) is 11.4 Å². The Morgan fingerprint density at radius 2 is 1.59 bits per heavy atom. The van der Waals surface area contributed by atoms with E-state index in [0.717, 1.165) is 41.5 Å². The second-order valence-corrected chi connectivity index (χ2v) is 13.7. The lowest BCUT2D eigenvalue weighted by molar-refractivity contribution is 0.0697. The molecule has 0 aliphatic rings. The first-order valence-corrected chi connectivity index (χ1v) is 17.0. The van der Waals surface area contributed by atoms with Crippen molar-refractivity contribution in [3.63, 3.8) is 0 Å². The fourth-order valence-corrected chi connectivity index (χ4v) is 6.64. The fourth-order valence-electron chi connectivity index (χ4n) is 4.94. The minimum Gasteiger partial charge on any atom is -0.478 e. The number of imidazole rings is 1. The second-order valence-electron chi connectivity index (χ2n) is 10.9. The minimum absolute atomic E-state index is 0.213. The first-order valence-electron chi connectivity index (χ1n) is 14.8. The van der Waals surface area contributed by atoms with Gasteiger partial charge in [-0.1, -0.05) is 79.0 Å². The van der Waals surface area contributed by atoms with Crippen molar-refractivity contribution in [3.05, 3.63) is 135 Å². The van der Waals surface area contributed by atoms with E-state index >= 15 is 0 Å². The Labute approximate surface area is 279 Å². The lowest BCUT2D eigenvalue weighted by Crippen LogP contribution is -2.26. The van der Waals surface area contributed by atoms with Crippen LogP contribution in [0.1, 0.15) is 52.6 Å². The molecule has 5 aromatic rings. The van der Waals surface area contributed by atoms with Crippen molar-refractivity contribution in [2.24, 2.45) is 0 Å². The molecule has 0 unspecified atom stereocenters. The van der Waals surface area contributed by atoms with Crippen molar-refractivity contribution in [3.8, 4) is 11.3 Å². The largest absolute Gasteiger partial charge is 0.478 e. The van der Waals surface area contributed by atoms with Gasteiger partial charge in [0.1, 0.15) is 5.82 Å². The molecule has 0 radical (unpaired) electrons. The van der Waals surface area contributed by atoms with E-state index in [1.807, 2.05) is 53.2 Å². The summed E-state index contributed by atoms with van der Waals surface area (Å²) in [6.07, 6.45) is 8.73. The molecule has 236 valence electrons. The first-order chi connectivity index (χ1) is 22.0. The number of unbranched alkanes of at least 4 members (excludes halogenated alkanes) is 1. The van der Waals surface area contributed by atoms with Crippen LogP contribution in [0.25, 0.3) is 23.4 Å². The number of aromatic nitrogens is 2. The zero-order valence-corrected chi connectivity index (χ0v) is 27.7. The van der Waals surface area contributed by atoms with Crippen molar-refractivity contribution < 1.29 is 18.3 Å². The molecule has 0 bridgehead atoms. The molecular formula is C36H33Cl2N3O4S. The van der Waals surface area contributed by atoms with E-state index in [-0.39, 0.29) is 10.5 Å². The number of carbonyl (C=O) groups is 1. The molecule has 10 heteroatoms. The quantitative estimate of drug-likeness (QED) is 0.143. The van der Waals surface area contributed by atoms with Crippen molar-refractivity contribution in [2.45, 2.75) is 37.6 Å². The lowest BCUT2D eigenvalue weighted by atomic mass is 10.1. The highest BCUT2D eigenvalue weighted by Gasteiger charge is 2.21. The van der Waals surface area contributed by atoms with Crippen molar-refractivity contribution >= 4 is 57.0 Å². The molecule has 4 aromatic carbocycles. The van der Waals surface area contributed by atoms with Gasteiger partial charge in [-0.05, 0) is 90.2 Å². The summed E-state index contributed by atoms with van der Waals surface area (Å²) in [6.45, 7) is 2.57. The number of nitrogens with zero attached hydrogens (tertiary/aromatic N) is 3. The molecule has 0 atom stereocenters. The summed E-state index contributed by atoms with van der Waals surface area (Å²) in [6, 6.07) is 26.3. The van der Waals surface area contributed by atoms with E-state index in [1.165, 1.54) is 4.31 Å². The summed E-state index contributed by atoms with van der Waals surface area (Å²) >= 11 is 12.6. The molecule has 0 amide bonds. The number of carboxylic acid groups (broad SMARTS) is 1. The molecule has 0 fully saturated rings. The molecule has 5 rings (SSSR count). The number of aryl methyl sites for hydroxylation is 1. The predicted molar refractivity (Wildman–Crippen MR) is 186 cm³/mol. The molecule has 0 spiro atoms. The average molecular weight is 675 g/mol. The normalized spacial score (nSPS) is 11.7. The maximum Gasteiger partial charge on any atom is 0.335 e. The van der Waals surface area contributed by atoms with Gasteiger partial charge in [-0.25, -0.2) is 18.2 Å². The number of sulfonamides is 1. The Kier molecular flexibility index (Phi) is 10.3. The fraction of sp³-hybridized carbons (Fsp3) is 0.167. The summed E-state index contributed by atoms with van der Waals surface area (Å²) in [5.41, 5.74) is 5.01. The average Bonchev–Trinajstić information content (AvgIpc) is 3.44. The second kappa shape index (κ2) is 14.4. The minimum atomic E-state index is -3.72. The summed E-state index contributed by atoms with van der Waals surface area (Å²) in [7, 11) is -2.17. The van der Waals surface area contributed by atoms with Crippen LogP contribution in [0.5, 0.6) is 0 Å². The molecule has 1 aromatic heterocycles. The van der Waals surface area contributed by atoms with Crippen LogP contribution in [-0.2, 0) is 23.0 Å². The number of rotatable bonds is 12. The van der Waals surface area contributed by atoms with Crippen LogP contribution in [0.2, 0.25) is 10.0 Å². The highest BCUT2D eigenvalue weighted by Crippen LogP contribution is 2.31. The molecule has 0 aliphatic carbocycles. The van der Waals surface area contributed by atoms with Crippen LogP contribution in [0.3, 0.4) is 0 Å². The Morgan fingerprint density at radius 3 is 2.22 bits per heavy atom. The van der Waals surface area contributed by atoms with E-state index in [0.29, 0.717) is 33.8 Å². The Bertz CT molecular complexity index is 1970. The number of carboxylic acids is 1. The van der Waals surface area contributed by atoms with Gasteiger partial charge in [0, 0.05) is 30.4 Å². The van der Waals surface area contributed by atoms with Crippen LogP contribution < -0.4 is 4.31 Å². The summed E-state index contributed by atoms with van der Waals surface area (Å²) < 4.78 is 29.9. The molecule has 0 saturated carbocycles. The topological polar surface area (TPSA) is 92.5 Å². The van der Waals surface area contributed by atoms with Gasteiger partial charge in [-0.3, -0.25) is 4.31 Å². The SMILES string of the molecule is CCCCc1ccc(S(=O)(=O)N(C)c2ccc(C=Cc3nc(-c4ccc(Cl)cc4Cl)cn3Cc3ccc(C(=O)O)cc3)cc2)cc1. The Hall–Kier alpha value is -4.37. The van der Waals surface area contributed by atoms with Gasteiger partial charge in [-0.15, -0.1) is 0 Å². The third-order valence-corrected chi connectivity index (χ3v) is 10.00. The van der Waals surface area contributed by atoms with Gasteiger partial charge >= 0.3 is 5.97 Å². The number of hydrogen-bond donors (Lipinski definition) is 1. The molecule has 46 heavy (non-hydrogen) atoms. The standard InChI is InChI=1S/C36H33Cl2N3O4S/c1-3-4-5-25-10-18-31(19-11-25)46(44,45)40(2)30-16-8-26(9-17-30)12-21-35-39-34(32-20-15-29(37)22-33(32)38)24-41(35)23-27-6-13-28(14-7-27)36(42)43/h6-22,24H,3-5,23H2,1-2H3,(H,42,43). The van der Waals surface area contributed by atoms with E-state index in [1.54, 1.807) is 67.7 Å². The first kappa shape index (κ1) is 33.0. The zero-order chi connectivity index (χ0) is 32.8. The van der Waals surface area contributed by atoms with Crippen molar-refractivity contribution in [1.29, 1.82) is 0 Å². The molecule has 1 heterocycles. The van der Waals surface area contributed by atoms with Crippen LogP contribution in [0.15, 0.2) is 102 Å². The van der Waals surface area contributed by atoms with Gasteiger partial charge in [0.15, 0.2) is 0 Å². The van der Waals surface area contributed by atoms with Gasteiger partial charge < -0.3 is 9.67 Å². The number of aromatic carboxylic acids is 1. The molecular weight excluding hydrogens is 641 g/mol. The third kappa shape index (κ3) is 7.70. The smallest absolute Gasteiger partial charge is 0.335 e. The van der Waals surface area contributed by atoms with Gasteiger partial charge in [0.2, 0.25) is 0 Å². The predicted octanol–water partition coefficient (Wildman–Crippen LogP) is 8.94. The monoisotopic (exact) mass is 673 g/mol. The molecule has 7 nitrogen and oxygen atoms in total. The van der Waals surface area contributed by atoms with Crippen LogP contribution in [0.4, 0.5) is 5.69 Å². The van der Waals surface area contributed by atoms with Gasteiger partial charge in [-0.2, -0.15) is 0 Å². The van der Waals surface area contributed by atoms with E-state index in [4.69, 9.17) is 28.2 Å². The maximum absolute atomic E-state index is 13.3. The summed E-state index contributed by atoms with van der Waals surface area (Å²) in [5.74, 6) is -0.335. The highest BCUT2D eigenvalue weighted by molar-refractivity contribution is 7.92. The Morgan fingerprint density at radius 1 is 0.913 bits per heavy atom. The number of hydrogen-bond acceptors (Lipinski definition) is 4. The number of benzene rings is 4. The van der Waals surface area contributed by atoms with Crippen molar-refractivity contribution in [1.82, 2.24) is 9.55 Å². The number of halogens is 2.